The smallest absolute Gasteiger partial charge is 0.234 e. The normalized spacial score (nSPS) is 11.6. The lowest BCUT2D eigenvalue weighted by Gasteiger charge is -2.16. The molecule has 0 saturated carbocycles. The summed E-state index contributed by atoms with van der Waals surface area (Å²) in [5.41, 5.74) is 0.685. The number of thioether (sulfide) groups is 1. The van der Waals surface area contributed by atoms with Crippen molar-refractivity contribution in [3.05, 3.63) is 71.0 Å². The number of nitrogens with one attached hydrogen (secondary N) is 1. The van der Waals surface area contributed by atoms with Crippen LogP contribution in [0.25, 0.3) is 0 Å². The number of nitrogens with zero attached hydrogens (tertiary/aromatic N) is 3. The molecule has 10 heteroatoms. The molecule has 1 unspecified atom stereocenters. The lowest BCUT2D eigenvalue weighted by atomic mass is 10.3. The number of rotatable bonds is 10. The second-order valence-electron chi connectivity index (χ2n) is 6.64. The number of anilines is 1. The predicted molar refractivity (Wildman–Crippen MR) is 128 cm³/mol. The number of benzene rings is 2. The number of ether oxygens (including phenoxy) is 2. The average Bonchev–Trinajstić information content (AvgIpc) is 3.18. The van der Waals surface area contributed by atoms with Crippen LogP contribution < -0.4 is 14.8 Å². The Morgan fingerprint density at radius 3 is 2.69 bits per heavy atom. The van der Waals surface area contributed by atoms with E-state index < -0.39 is 6.10 Å². The van der Waals surface area contributed by atoms with Gasteiger partial charge in [0.05, 0.1) is 17.9 Å². The Balaban J connectivity index is 1.67. The summed E-state index contributed by atoms with van der Waals surface area (Å²) < 4.78 is 12.9. The van der Waals surface area contributed by atoms with Crippen LogP contribution >= 0.6 is 35.0 Å². The highest BCUT2D eigenvalue weighted by Crippen LogP contribution is 2.32. The number of carbonyl (C=O) groups is 1. The maximum atomic E-state index is 12.4. The minimum atomic E-state index is -0.458. The summed E-state index contributed by atoms with van der Waals surface area (Å²) in [6.45, 7) is 6.10. The Morgan fingerprint density at radius 1 is 1.25 bits per heavy atom. The van der Waals surface area contributed by atoms with Crippen LogP contribution in [0.5, 0.6) is 11.5 Å². The largest absolute Gasteiger partial charge is 0.497 e. The van der Waals surface area contributed by atoms with Crippen LogP contribution in [0.3, 0.4) is 0 Å². The third-order valence-corrected chi connectivity index (χ3v) is 5.84. The van der Waals surface area contributed by atoms with Gasteiger partial charge in [-0.2, -0.15) is 0 Å². The average molecular weight is 493 g/mol. The molecule has 1 atom stereocenters. The Morgan fingerprint density at radius 2 is 2.00 bits per heavy atom. The van der Waals surface area contributed by atoms with Gasteiger partial charge in [0.1, 0.15) is 11.5 Å². The van der Waals surface area contributed by atoms with Crippen molar-refractivity contribution in [3.63, 3.8) is 0 Å². The van der Waals surface area contributed by atoms with E-state index in [9.17, 15) is 4.79 Å². The first-order chi connectivity index (χ1) is 15.4. The van der Waals surface area contributed by atoms with E-state index in [1.165, 1.54) is 11.8 Å². The number of methoxy groups -OCH3 is 1. The molecule has 3 rings (SSSR count). The van der Waals surface area contributed by atoms with Gasteiger partial charge in [-0.3, -0.25) is 9.36 Å². The molecule has 168 valence electrons. The quantitative estimate of drug-likeness (QED) is 0.291. The molecular formula is C22H22Cl2N4O3S. The van der Waals surface area contributed by atoms with Crippen molar-refractivity contribution in [2.45, 2.75) is 24.7 Å². The first kappa shape index (κ1) is 24.0. The Labute approximate surface area is 200 Å². The molecule has 0 aliphatic carbocycles. The van der Waals surface area contributed by atoms with Gasteiger partial charge < -0.3 is 14.8 Å². The standard InChI is InChI=1S/C22H22Cl2N4O3S/c1-4-11-28-21(14(2)31-19-12-15(23)5-10-18(19)24)26-27-22(28)32-13-20(29)25-16-6-8-17(30-3)9-7-16/h4-10,12,14H,1,11,13H2,2-3H3,(H,25,29). The van der Waals surface area contributed by atoms with Crippen LogP contribution in [0.1, 0.15) is 18.9 Å². The van der Waals surface area contributed by atoms with Crippen LogP contribution in [-0.4, -0.2) is 33.5 Å². The van der Waals surface area contributed by atoms with Gasteiger partial charge >= 0.3 is 0 Å². The fraction of sp³-hybridized carbons (Fsp3) is 0.227. The zero-order valence-electron chi connectivity index (χ0n) is 17.5. The van der Waals surface area contributed by atoms with Gasteiger partial charge in [-0.1, -0.05) is 41.0 Å². The molecule has 1 aromatic heterocycles. The highest BCUT2D eigenvalue weighted by Gasteiger charge is 2.20. The molecule has 0 aliphatic rings. The summed E-state index contributed by atoms with van der Waals surface area (Å²) in [5, 5.41) is 12.9. The van der Waals surface area contributed by atoms with Gasteiger partial charge in [-0.25, -0.2) is 0 Å². The van der Waals surface area contributed by atoms with Crippen LogP contribution in [-0.2, 0) is 11.3 Å². The first-order valence-corrected chi connectivity index (χ1v) is 11.4. The molecule has 1 heterocycles. The second kappa shape index (κ2) is 11.3. The Bertz CT molecular complexity index is 1090. The number of aromatic nitrogens is 3. The molecule has 0 aliphatic heterocycles. The second-order valence-corrected chi connectivity index (χ2v) is 8.43. The van der Waals surface area contributed by atoms with Crippen molar-refractivity contribution in [2.75, 3.05) is 18.2 Å². The molecule has 0 spiro atoms. The highest BCUT2D eigenvalue weighted by atomic mass is 35.5. The zero-order valence-corrected chi connectivity index (χ0v) is 19.9. The van der Waals surface area contributed by atoms with Gasteiger partial charge in [-0.05, 0) is 43.3 Å². The van der Waals surface area contributed by atoms with Crippen molar-refractivity contribution >= 4 is 46.6 Å². The number of allylic oxidation sites excluding steroid dienone is 1. The summed E-state index contributed by atoms with van der Waals surface area (Å²) in [7, 11) is 1.59. The summed E-state index contributed by atoms with van der Waals surface area (Å²) >= 11 is 13.5. The molecule has 0 fully saturated rings. The summed E-state index contributed by atoms with van der Waals surface area (Å²) in [5.74, 6) is 1.76. The van der Waals surface area contributed by atoms with Crippen LogP contribution in [0.2, 0.25) is 10.0 Å². The van der Waals surface area contributed by atoms with Crippen molar-refractivity contribution in [3.8, 4) is 11.5 Å². The number of hydrogen-bond acceptors (Lipinski definition) is 6. The van der Waals surface area contributed by atoms with Crippen molar-refractivity contribution in [1.82, 2.24) is 14.8 Å². The molecular weight excluding hydrogens is 471 g/mol. The topological polar surface area (TPSA) is 78.3 Å². The monoisotopic (exact) mass is 492 g/mol. The van der Waals surface area contributed by atoms with E-state index in [1.807, 2.05) is 11.5 Å². The summed E-state index contributed by atoms with van der Waals surface area (Å²) in [4.78, 5) is 12.4. The van der Waals surface area contributed by atoms with E-state index in [-0.39, 0.29) is 11.7 Å². The van der Waals surface area contributed by atoms with Crippen molar-refractivity contribution < 1.29 is 14.3 Å². The lowest BCUT2D eigenvalue weighted by molar-refractivity contribution is -0.113. The summed E-state index contributed by atoms with van der Waals surface area (Å²) in [6, 6.07) is 12.1. The summed E-state index contributed by atoms with van der Waals surface area (Å²) in [6.07, 6.45) is 1.27. The van der Waals surface area contributed by atoms with Crippen LogP contribution in [0.15, 0.2) is 60.3 Å². The van der Waals surface area contributed by atoms with E-state index in [4.69, 9.17) is 32.7 Å². The van der Waals surface area contributed by atoms with Crippen molar-refractivity contribution in [1.29, 1.82) is 0 Å². The molecule has 2 aromatic carbocycles. The maximum Gasteiger partial charge on any atom is 0.234 e. The number of hydrogen-bond donors (Lipinski definition) is 1. The Kier molecular flexibility index (Phi) is 8.44. The van der Waals surface area contributed by atoms with E-state index >= 15 is 0 Å². The van der Waals surface area contributed by atoms with Crippen molar-refractivity contribution in [2.24, 2.45) is 0 Å². The van der Waals surface area contributed by atoms with E-state index in [1.54, 1.807) is 55.7 Å². The Hall–Kier alpha value is -2.68. The van der Waals surface area contributed by atoms with Gasteiger partial charge in [-0.15, -0.1) is 16.8 Å². The minimum absolute atomic E-state index is 0.162. The third kappa shape index (κ3) is 6.18. The fourth-order valence-electron chi connectivity index (χ4n) is 2.82. The third-order valence-electron chi connectivity index (χ3n) is 4.32. The highest BCUT2D eigenvalue weighted by molar-refractivity contribution is 7.99. The molecule has 1 N–H and O–H groups in total. The van der Waals surface area contributed by atoms with E-state index in [0.29, 0.717) is 39.0 Å². The zero-order chi connectivity index (χ0) is 23.1. The van der Waals surface area contributed by atoms with Crippen LogP contribution in [0.4, 0.5) is 5.69 Å². The minimum Gasteiger partial charge on any atom is -0.497 e. The van der Waals surface area contributed by atoms with Gasteiger partial charge in [0.2, 0.25) is 5.91 Å². The SMILES string of the molecule is C=CCn1c(SCC(=O)Nc2ccc(OC)cc2)nnc1C(C)Oc1cc(Cl)ccc1Cl. The van der Waals surface area contributed by atoms with E-state index in [2.05, 4.69) is 22.1 Å². The number of carbonyl (C=O) groups excluding carboxylic acids is 1. The molecule has 1 amide bonds. The predicted octanol–water partition coefficient (Wildman–Crippen LogP) is 5.65. The fourth-order valence-corrected chi connectivity index (χ4v) is 3.90. The van der Waals surface area contributed by atoms with Gasteiger partial charge in [0.25, 0.3) is 0 Å². The molecule has 0 bridgehead atoms. The molecule has 0 radical (unpaired) electrons. The first-order valence-electron chi connectivity index (χ1n) is 9.63. The lowest BCUT2D eigenvalue weighted by Crippen LogP contribution is -2.15. The molecule has 32 heavy (non-hydrogen) atoms. The van der Waals surface area contributed by atoms with Gasteiger partial charge in [0, 0.05) is 23.3 Å². The number of halogens is 2. The molecule has 3 aromatic rings. The van der Waals surface area contributed by atoms with Crippen LogP contribution in [0, 0.1) is 0 Å². The maximum absolute atomic E-state index is 12.4. The number of amides is 1. The van der Waals surface area contributed by atoms with E-state index in [0.717, 1.165) is 5.75 Å². The molecule has 7 nitrogen and oxygen atoms in total. The van der Waals surface area contributed by atoms with Gasteiger partial charge in [0.15, 0.2) is 17.1 Å². The molecule has 0 saturated heterocycles.